The maximum Gasteiger partial charge on any atom is 0.120 e. The first-order chi connectivity index (χ1) is 10.3. The molecule has 0 spiro atoms. The molecule has 1 unspecified atom stereocenters. The van der Waals surface area contributed by atoms with E-state index < -0.39 is 0 Å². The molecule has 4 heteroatoms. The highest BCUT2D eigenvalue weighted by Gasteiger charge is 2.30. The number of ether oxygens (including phenoxy) is 1. The molecular weight excluding hydrogens is 284 g/mol. The van der Waals surface area contributed by atoms with Crippen LogP contribution in [0.5, 0.6) is 5.75 Å². The fourth-order valence-electron chi connectivity index (χ4n) is 3.06. The van der Waals surface area contributed by atoms with Crippen molar-refractivity contribution in [1.82, 2.24) is 10.2 Å². The number of benzene rings is 1. The van der Waals surface area contributed by atoms with Gasteiger partial charge in [0.05, 0.1) is 0 Å². The summed E-state index contributed by atoms with van der Waals surface area (Å²) in [7, 11) is 0. The molecule has 1 atom stereocenters. The third kappa shape index (κ3) is 4.87. The minimum atomic E-state index is 0.672. The molecule has 3 rings (SSSR count). The Hall–Kier alpha value is -0.770. The minimum absolute atomic E-state index is 0.672. The molecule has 0 amide bonds. The number of nitrogens with zero attached hydrogens (tertiary/aromatic N) is 1. The van der Waals surface area contributed by atoms with E-state index in [1.165, 1.54) is 45.2 Å². The van der Waals surface area contributed by atoms with E-state index >= 15 is 0 Å². The van der Waals surface area contributed by atoms with Crippen molar-refractivity contribution in [2.24, 2.45) is 0 Å². The van der Waals surface area contributed by atoms with Crippen LogP contribution < -0.4 is 10.1 Å². The summed E-state index contributed by atoms with van der Waals surface area (Å²) in [5.41, 5.74) is 0. The number of hydrogen-bond acceptors (Lipinski definition) is 3. The average Bonchev–Trinajstić information content (AvgIpc) is 3.32. The molecule has 1 heterocycles. The maximum atomic E-state index is 5.98. The van der Waals surface area contributed by atoms with Gasteiger partial charge in [-0.2, -0.15) is 0 Å². The first kappa shape index (κ1) is 15.1. The summed E-state index contributed by atoms with van der Waals surface area (Å²) in [6, 6.07) is 9.12. The van der Waals surface area contributed by atoms with E-state index in [9.17, 15) is 0 Å². The van der Waals surface area contributed by atoms with Crippen molar-refractivity contribution in [2.45, 2.75) is 44.2 Å². The van der Waals surface area contributed by atoms with Crippen LogP contribution in [0.25, 0.3) is 0 Å². The number of nitrogens with one attached hydrogen (secondary N) is 1. The Labute approximate surface area is 132 Å². The summed E-state index contributed by atoms with van der Waals surface area (Å²) in [5.74, 6) is 0.869. The molecule has 1 aliphatic heterocycles. The molecule has 1 saturated heterocycles. The molecule has 0 aromatic heterocycles. The third-order valence-corrected chi connectivity index (χ3v) is 4.61. The van der Waals surface area contributed by atoms with Gasteiger partial charge in [0, 0.05) is 30.2 Å². The Morgan fingerprint density at radius 2 is 2.14 bits per heavy atom. The minimum Gasteiger partial charge on any atom is -0.492 e. The Morgan fingerprint density at radius 1 is 1.24 bits per heavy atom. The van der Waals surface area contributed by atoms with Crippen molar-refractivity contribution in [3.8, 4) is 5.75 Å². The van der Waals surface area contributed by atoms with Gasteiger partial charge in [-0.3, -0.25) is 4.90 Å². The van der Waals surface area contributed by atoms with Gasteiger partial charge >= 0.3 is 0 Å². The van der Waals surface area contributed by atoms with Crippen LogP contribution in [0, 0.1) is 0 Å². The first-order valence-electron chi connectivity index (χ1n) is 8.17. The van der Waals surface area contributed by atoms with Crippen LogP contribution in [0.3, 0.4) is 0 Å². The zero-order valence-corrected chi connectivity index (χ0v) is 13.3. The second-order valence-electron chi connectivity index (χ2n) is 6.18. The number of rotatable bonds is 7. The van der Waals surface area contributed by atoms with Gasteiger partial charge in [-0.25, -0.2) is 0 Å². The number of hydrogen-bond donors (Lipinski definition) is 1. The number of piperidine rings is 1. The second-order valence-corrected chi connectivity index (χ2v) is 6.62. The highest BCUT2D eigenvalue weighted by molar-refractivity contribution is 6.30. The normalized spacial score (nSPS) is 22.5. The summed E-state index contributed by atoms with van der Waals surface area (Å²) in [6.07, 6.45) is 6.72. The van der Waals surface area contributed by atoms with E-state index in [0.717, 1.165) is 30.0 Å². The van der Waals surface area contributed by atoms with Gasteiger partial charge < -0.3 is 10.1 Å². The highest BCUT2D eigenvalue weighted by Crippen LogP contribution is 2.27. The Morgan fingerprint density at radius 3 is 2.86 bits per heavy atom. The molecule has 0 radical (unpaired) electrons. The standard InChI is InChI=1S/C17H25ClN2O/c18-14-4-3-6-17(12-14)21-11-10-20(16-7-8-16)13-15-5-1-2-9-19-15/h3-4,6,12,15-16,19H,1-2,5,7-11,13H2. The maximum absolute atomic E-state index is 5.98. The molecule has 2 aliphatic rings. The zero-order valence-electron chi connectivity index (χ0n) is 12.6. The predicted octanol–water partition coefficient (Wildman–Crippen LogP) is 3.33. The van der Waals surface area contributed by atoms with Crippen LogP contribution in [0.1, 0.15) is 32.1 Å². The van der Waals surface area contributed by atoms with Crippen molar-refractivity contribution in [2.75, 3.05) is 26.2 Å². The smallest absolute Gasteiger partial charge is 0.120 e. The lowest BCUT2D eigenvalue weighted by Crippen LogP contribution is -2.45. The molecule has 2 fully saturated rings. The van der Waals surface area contributed by atoms with Crippen molar-refractivity contribution < 1.29 is 4.74 Å². The predicted molar refractivity (Wildman–Crippen MR) is 87.2 cm³/mol. The third-order valence-electron chi connectivity index (χ3n) is 4.37. The van der Waals surface area contributed by atoms with Crippen LogP contribution in [0.2, 0.25) is 5.02 Å². The van der Waals surface area contributed by atoms with E-state index in [1.54, 1.807) is 0 Å². The van der Waals surface area contributed by atoms with E-state index in [-0.39, 0.29) is 0 Å². The summed E-state index contributed by atoms with van der Waals surface area (Å²) >= 11 is 5.98. The number of halogens is 1. The van der Waals surface area contributed by atoms with Crippen LogP contribution >= 0.6 is 11.6 Å². The fourth-order valence-corrected chi connectivity index (χ4v) is 3.24. The molecule has 116 valence electrons. The molecular formula is C17H25ClN2O. The highest BCUT2D eigenvalue weighted by atomic mass is 35.5. The monoisotopic (exact) mass is 308 g/mol. The molecule has 3 nitrogen and oxygen atoms in total. The van der Waals surface area contributed by atoms with Gasteiger partial charge in [-0.1, -0.05) is 24.1 Å². The molecule has 21 heavy (non-hydrogen) atoms. The Bertz CT molecular complexity index is 444. The van der Waals surface area contributed by atoms with Crippen LogP contribution in [-0.4, -0.2) is 43.2 Å². The summed E-state index contributed by atoms with van der Waals surface area (Å²) in [4.78, 5) is 2.60. The topological polar surface area (TPSA) is 24.5 Å². The summed E-state index contributed by atoms with van der Waals surface area (Å²) < 4.78 is 5.84. The van der Waals surface area contributed by atoms with Gasteiger partial charge in [0.2, 0.25) is 0 Å². The van der Waals surface area contributed by atoms with Crippen molar-refractivity contribution >= 4 is 11.6 Å². The van der Waals surface area contributed by atoms with Gasteiger partial charge in [-0.15, -0.1) is 0 Å². The van der Waals surface area contributed by atoms with E-state index in [2.05, 4.69) is 10.2 Å². The van der Waals surface area contributed by atoms with E-state index in [1.807, 2.05) is 24.3 Å². The van der Waals surface area contributed by atoms with Crippen molar-refractivity contribution in [1.29, 1.82) is 0 Å². The van der Waals surface area contributed by atoms with E-state index in [0.29, 0.717) is 6.04 Å². The van der Waals surface area contributed by atoms with Crippen molar-refractivity contribution in [3.63, 3.8) is 0 Å². The van der Waals surface area contributed by atoms with E-state index in [4.69, 9.17) is 16.3 Å². The Balaban J connectivity index is 1.44. The largest absolute Gasteiger partial charge is 0.492 e. The Kier molecular flexibility index (Phi) is 5.39. The molecule has 1 aromatic carbocycles. The van der Waals surface area contributed by atoms with Crippen LogP contribution in [0.15, 0.2) is 24.3 Å². The van der Waals surface area contributed by atoms with Gasteiger partial charge in [0.15, 0.2) is 0 Å². The van der Waals surface area contributed by atoms with Gasteiger partial charge in [0.25, 0.3) is 0 Å². The molecule has 1 aromatic rings. The molecule has 1 saturated carbocycles. The summed E-state index contributed by atoms with van der Waals surface area (Å²) in [6.45, 7) is 4.10. The SMILES string of the molecule is Clc1cccc(OCCN(CC2CCCCN2)C2CC2)c1. The quantitative estimate of drug-likeness (QED) is 0.836. The van der Waals surface area contributed by atoms with Gasteiger partial charge in [0.1, 0.15) is 12.4 Å². The van der Waals surface area contributed by atoms with Crippen LogP contribution in [-0.2, 0) is 0 Å². The molecule has 0 bridgehead atoms. The summed E-state index contributed by atoms with van der Waals surface area (Å²) in [5, 5.41) is 4.38. The van der Waals surface area contributed by atoms with Crippen LogP contribution in [0.4, 0.5) is 0 Å². The molecule has 1 N–H and O–H groups in total. The average molecular weight is 309 g/mol. The lowest BCUT2D eigenvalue weighted by molar-refractivity contribution is 0.176. The lowest BCUT2D eigenvalue weighted by Gasteiger charge is -2.30. The first-order valence-corrected chi connectivity index (χ1v) is 8.55. The second kappa shape index (κ2) is 7.48. The fraction of sp³-hybridized carbons (Fsp3) is 0.647. The zero-order chi connectivity index (χ0) is 14.5. The van der Waals surface area contributed by atoms with Gasteiger partial charge in [-0.05, 0) is 50.4 Å². The lowest BCUT2D eigenvalue weighted by atomic mass is 10.0. The van der Waals surface area contributed by atoms with Crippen molar-refractivity contribution in [3.05, 3.63) is 29.3 Å². The molecule has 1 aliphatic carbocycles.